The third-order valence-electron chi connectivity index (χ3n) is 5.36. The summed E-state index contributed by atoms with van der Waals surface area (Å²) in [7, 11) is 0. The second-order valence-electron chi connectivity index (χ2n) is 7.23. The molecule has 1 aromatic carbocycles. The number of piperidine rings is 2. The molecule has 2 aromatic rings. The maximum atomic E-state index is 5.57. The minimum atomic E-state index is -0.183. The van der Waals surface area contributed by atoms with Crippen LogP contribution in [0.25, 0.3) is 11.4 Å². The second-order valence-corrected chi connectivity index (χ2v) is 7.23. The van der Waals surface area contributed by atoms with Gasteiger partial charge in [0.05, 0.1) is 5.54 Å². The Morgan fingerprint density at radius 1 is 1.04 bits per heavy atom. The number of rotatable bonds is 3. The number of nitrogens with zero attached hydrogens (tertiary/aromatic N) is 3. The van der Waals surface area contributed by atoms with Crippen LogP contribution in [-0.4, -0.2) is 29.8 Å². The van der Waals surface area contributed by atoms with Crippen LogP contribution in [0.2, 0.25) is 0 Å². The highest BCUT2D eigenvalue weighted by molar-refractivity contribution is 5.85. The molecule has 0 radical (unpaired) electrons. The number of benzene rings is 1. The van der Waals surface area contributed by atoms with Crippen molar-refractivity contribution < 1.29 is 4.52 Å². The molecular formula is C19H27ClN4O. The van der Waals surface area contributed by atoms with Crippen LogP contribution in [-0.2, 0) is 5.54 Å². The number of anilines is 1. The monoisotopic (exact) mass is 362 g/mol. The molecule has 1 aromatic heterocycles. The summed E-state index contributed by atoms with van der Waals surface area (Å²) >= 11 is 0. The maximum Gasteiger partial charge on any atom is 0.246 e. The van der Waals surface area contributed by atoms with E-state index in [4.69, 9.17) is 4.52 Å². The lowest BCUT2D eigenvalue weighted by Crippen LogP contribution is -2.43. The van der Waals surface area contributed by atoms with E-state index < -0.39 is 0 Å². The minimum Gasteiger partial charge on any atom is -0.372 e. The molecule has 1 atom stereocenters. The van der Waals surface area contributed by atoms with Crippen LogP contribution in [0.4, 0.5) is 5.69 Å². The van der Waals surface area contributed by atoms with Gasteiger partial charge in [-0.05, 0) is 76.3 Å². The molecule has 3 heterocycles. The first kappa shape index (κ1) is 18.2. The molecule has 0 spiro atoms. The average molecular weight is 363 g/mol. The molecule has 136 valence electrons. The van der Waals surface area contributed by atoms with Crippen LogP contribution in [0.5, 0.6) is 0 Å². The SMILES string of the molecule is CC1(c2nc(-c3ccc(N4CCCCC4)cc3)no2)CCCCN1.Cl. The molecule has 0 amide bonds. The quantitative estimate of drug-likeness (QED) is 0.889. The summed E-state index contributed by atoms with van der Waals surface area (Å²) < 4.78 is 5.57. The van der Waals surface area contributed by atoms with Crippen molar-refractivity contribution in [1.29, 1.82) is 0 Å². The van der Waals surface area contributed by atoms with Crippen LogP contribution in [0.3, 0.4) is 0 Å². The van der Waals surface area contributed by atoms with Crippen LogP contribution >= 0.6 is 12.4 Å². The largest absolute Gasteiger partial charge is 0.372 e. The third kappa shape index (κ3) is 3.82. The maximum absolute atomic E-state index is 5.57. The molecule has 25 heavy (non-hydrogen) atoms. The van der Waals surface area contributed by atoms with E-state index in [9.17, 15) is 0 Å². The van der Waals surface area contributed by atoms with E-state index in [0.29, 0.717) is 11.7 Å². The fourth-order valence-corrected chi connectivity index (χ4v) is 3.78. The van der Waals surface area contributed by atoms with Gasteiger partial charge in [-0.1, -0.05) is 5.16 Å². The molecule has 1 unspecified atom stereocenters. The summed E-state index contributed by atoms with van der Waals surface area (Å²) in [5, 5.41) is 7.74. The van der Waals surface area contributed by atoms with Gasteiger partial charge in [0.15, 0.2) is 0 Å². The van der Waals surface area contributed by atoms with Gasteiger partial charge in [-0.2, -0.15) is 4.98 Å². The molecule has 0 aliphatic carbocycles. The van der Waals surface area contributed by atoms with E-state index in [1.54, 1.807) is 0 Å². The highest BCUT2D eigenvalue weighted by Crippen LogP contribution is 2.30. The molecule has 1 N–H and O–H groups in total. The Bertz CT molecular complexity index is 673. The smallest absolute Gasteiger partial charge is 0.246 e. The van der Waals surface area contributed by atoms with Crippen LogP contribution in [0.15, 0.2) is 28.8 Å². The Hall–Kier alpha value is -1.59. The first-order chi connectivity index (χ1) is 11.7. The van der Waals surface area contributed by atoms with Gasteiger partial charge >= 0.3 is 0 Å². The van der Waals surface area contributed by atoms with Crippen molar-refractivity contribution >= 4 is 18.1 Å². The zero-order valence-corrected chi connectivity index (χ0v) is 15.6. The zero-order chi connectivity index (χ0) is 16.4. The standard InChI is InChI=1S/C19H26N4O.ClH/c1-19(11-3-4-12-20-19)18-21-17(22-24-18)15-7-9-16(10-8-15)23-13-5-2-6-14-23;/h7-10,20H,2-6,11-14H2,1H3;1H. The Labute approximate surface area is 155 Å². The van der Waals surface area contributed by atoms with Gasteiger partial charge in [-0.25, -0.2) is 0 Å². The topological polar surface area (TPSA) is 54.2 Å². The van der Waals surface area contributed by atoms with Gasteiger partial charge in [-0.15, -0.1) is 12.4 Å². The number of aromatic nitrogens is 2. The molecule has 6 heteroatoms. The molecule has 5 nitrogen and oxygen atoms in total. The summed E-state index contributed by atoms with van der Waals surface area (Å²) in [6.07, 6.45) is 7.40. The molecule has 2 fully saturated rings. The second kappa shape index (κ2) is 7.75. The number of nitrogens with one attached hydrogen (secondary N) is 1. The van der Waals surface area contributed by atoms with Crippen LogP contribution in [0, 0.1) is 0 Å². The summed E-state index contributed by atoms with van der Waals surface area (Å²) in [6, 6.07) is 8.57. The minimum absolute atomic E-state index is 0. The van der Waals surface area contributed by atoms with Gasteiger partial charge in [0.25, 0.3) is 0 Å². The van der Waals surface area contributed by atoms with Crippen molar-refractivity contribution in [3.8, 4) is 11.4 Å². The Morgan fingerprint density at radius 2 is 1.80 bits per heavy atom. The summed E-state index contributed by atoms with van der Waals surface area (Å²) in [4.78, 5) is 7.12. The highest BCUT2D eigenvalue weighted by atomic mass is 35.5. The third-order valence-corrected chi connectivity index (χ3v) is 5.36. The van der Waals surface area contributed by atoms with Crippen LogP contribution in [0.1, 0.15) is 51.3 Å². The van der Waals surface area contributed by atoms with Gasteiger partial charge in [0, 0.05) is 24.3 Å². The van der Waals surface area contributed by atoms with Gasteiger partial charge in [0.2, 0.25) is 11.7 Å². The first-order valence-corrected chi connectivity index (χ1v) is 9.19. The fourth-order valence-electron chi connectivity index (χ4n) is 3.78. The van der Waals surface area contributed by atoms with Gasteiger partial charge in [0.1, 0.15) is 0 Å². The lowest BCUT2D eigenvalue weighted by atomic mass is 9.91. The Kier molecular flexibility index (Phi) is 5.64. The van der Waals surface area contributed by atoms with Crippen molar-refractivity contribution in [3.63, 3.8) is 0 Å². The molecule has 4 rings (SSSR count). The predicted molar refractivity (Wildman–Crippen MR) is 102 cm³/mol. The number of halogens is 1. The lowest BCUT2D eigenvalue weighted by Gasteiger charge is -2.31. The Balaban J connectivity index is 0.00000182. The van der Waals surface area contributed by atoms with E-state index in [1.165, 1.54) is 37.8 Å². The van der Waals surface area contributed by atoms with E-state index in [0.717, 1.165) is 31.6 Å². The van der Waals surface area contributed by atoms with E-state index in [2.05, 4.69) is 51.5 Å². The van der Waals surface area contributed by atoms with Gasteiger partial charge < -0.3 is 14.7 Å². The highest BCUT2D eigenvalue weighted by Gasteiger charge is 2.34. The van der Waals surface area contributed by atoms with Crippen molar-refractivity contribution in [2.24, 2.45) is 0 Å². The van der Waals surface area contributed by atoms with Crippen molar-refractivity contribution in [1.82, 2.24) is 15.5 Å². The Morgan fingerprint density at radius 3 is 2.48 bits per heavy atom. The van der Waals surface area contributed by atoms with Crippen molar-refractivity contribution in [2.75, 3.05) is 24.5 Å². The molecule has 0 saturated carbocycles. The molecule has 2 aliphatic rings. The summed E-state index contributed by atoms with van der Waals surface area (Å²) in [5.74, 6) is 1.39. The molecular weight excluding hydrogens is 336 g/mol. The van der Waals surface area contributed by atoms with Gasteiger partial charge in [-0.3, -0.25) is 0 Å². The zero-order valence-electron chi connectivity index (χ0n) is 14.8. The summed E-state index contributed by atoms with van der Waals surface area (Å²) in [6.45, 7) is 5.49. The first-order valence-electron chi connectivity index (χ1n) is 9.19. The number of hydrogen-bond acceptors (Lipinski definition) is 5. The fraction of sp³-hybridized carbons (Fsp3) is 0.579. The van der Waals surface area contributed by atoms with Crippen LogP contribution < -0.4 is 10.2 Å². The van der Waals surface area contributed by atoms with E-state index in [-0.39, 0.29) is 17.9 Å². The average Bonchev–Trinajstić information content (AvgIpc) is 3.14. The van der Waals surface area contributed by atoms with Crippen molar-refractivity contribution in [2.45, 2.75) is 51.0 Å². The lowest BCUT2D eigenvalue weighted by molar-refractivity contribution is 0.207. The van der Waals surface area contributed by atoms with E-state index >= 15 is 0 Å². The van der Waals surface area contributed by atoms with Crippen molar-refractivity contribution in [3.05, 3.63) is 30.2 Å². The molecule has 2 saturated heterocycles. The molecule has 0 bridgehead atoms. The normalized spacial score (nSPS) is 24.0. The summed E-state index contributed by atoms with van der Waals surface area (Å²) in [5.41, 5.74) is 2.13. The number of hydrogen-bond donors (Lipinski definition) is 1. The molecule has 2 aliphatic heterocycles. The van der Waals surface area contributed by atoms with E-state index in [1.807, 2.05) is 0 Å². The predicted octanol–water partition coefficient (Wildman–Crippen LogP) is 4.14.